The summed E-state index contributed by atoms with van der Waals surface area (Å²) >= 11 is 0. The van der Waals surface area contributed by atoms with E-state index in [1.165, 1.54) is 0 Å². The number of carbonyl (C=O) groups excluding carboxylic acids is 2. The first-order chi connectivity index (χ1) is 13.7. The van der Waals surface area contributed by atoms with Crippen LogP contribution >= 0.6 is 0 Å². The minimum atomic E-state index is -0.485. The zero-order chi connectivity index (χ0) is 19.1. The second-order valence-corrected chi connectivity index (χ2v) is 7.70. The number of hydrogen-bond donors (Lipinski definition) is 0. The predicted molar refractivity (Wildman–Crippen MR) is 108 cm³/mol. The summed E-state index contributed by atoms with van der Waals surface area (Å²) in [4.78, 5) is 27.6. The van der Waals surface area contributed by atoms with Crippen molar-refractivity contribution in [3.63, 3.8) is 0 Å². The SMILES string of the molecule is O=C1CC2(CCN(C(=O)c3cccc4ccccc34)CC2)Oc2ccccc21. The highest BCUT2D eigenvalue weighted by Crippen LogP contribution is 2.39. The zero-order valence-electron chi connectivity index (χ0n) is 15.6. The topological polar surface area (TPSA) is 46.6 Å². The average molecular weight is 371 g/mol. The van der Waals surface area contributed by atoms with Crippen LogP contribution in [-0.4, -0.2) is 35.3 Å². The van der Waals surface area contributed by atoms with Crippen LogP contribution < -0.4 is 4.74 Å². The van der Waals surface area contributed by atoms with E-state index in [9.17, 15) is 9.59 Å². The Bertz CT molecular complexity index is 1070. The highest BCUT2D eigenvalue weighted by Gasteiger charge is 2.43. The van der Waals surface area contributed by atoms with Gasteiger partial charge in [-0.3, -0.25) is 9.59 Å². The van der Waals surface area contributed by atoms with E-state index in [0.29, 0.717) is 43.7 Å². The van der Waals surface area contributed by atoms with Crippen molar-refractivity contribution in [3.8, 4) is 5.75 Å². The van der Waals surface area contributed by atoms with Crippen molar-refractivity contribution in [3.05, 3.63) is 77.9 Å². The molecule has 1 saturated heterocycles. The number of carbonyl (C=O) groups is 2. The molecule has 0 atom stereocenters. The third kappa shape index (κ3) is 2.76. The minimum Gasteiger partial charge on any atom is -0.486 e. The van der Waals surface area contributed by atoms with E-state index in [-0.39, 0.29) is 11.7 Å². The Morgan fingerprint density at radius 1 is 0.893 bits per heavy atom. The number of rotatable bonds is 1. The van der Waals surface area contributed by atoms with E-state index in [0.717, 1.165) is 16.3 Å². The van der Waals surface area contributed by atoms with E-state index in [1.807, 2.05) is 71.6 Å². The zero-order valence-corrected chi connectivity index (χ0v) is 15.6. The quantitative estimate of drug-likeness (QED) is 0.634. The summed E-state index contributed by atoms with van der Waals surface area (Å²) in [6.45, 7) is 1.19. The van der Waals surface area contributed by atoms with Gasteiger partial charge in [-0.25, -0.2) is 0 Å². The Balaban J connectivity index is 1.36. The molecule has 1 spiro atoms. The van der Waals surface area contributed by atoms with E-state index in [1.54, 1.807) is 0 Å². The van der Waals surface area contributed by atoms with E-state index in [4.69, 9.17) is 4.74 Å². The first kappa shape index (κ1) is 17.0. The fourth-order valence-corrected chi connectivity index (χ4v) is 4.42. The molecule has 4 heteroatoms. The summed E-state index contributed by atoms with van der Waals surface area (Å²) < 4.78 is 6.28. The molecule has 0 bridgehead atoms. The van der Waals surface area contributed by atoms with Crippen molar-refractivity contribution in [2.45, 2.75) is 24.9 Å². The second kappa shape index (κ2) is 6.48. The number of benzene rings is 3. The van der Waals surface area contributed by atoms with Gasteiger partial charge in [0.1, 0.15) is 11.4 Å². The Labute approximate surface area is 163 Å². The number of amides is 1. The molecule has 140 valence electrons. The highest BCUT2D eigenvalue weighted by atomic mass is 16.5. The minimum absolute atomic E-state index is 0.0502. The maximum atomic E-state index is 13.2. The third-order valence-electron chi connectivity index (χ3n) is 5.98. The van der Waals surface area contributed by atoms with Gasteiger partial charge in [0.2, 0.25) is 0 Å². The lowest BCUT2D eigenvalue weighted by Gasteiger charge is -2.44. The van der Waals surface area contributed by atoms with Gasteiger partial charge >= 0.3 is 0 Å². The molecular formula is C24H21NO3. The van der Waals surface area contributed by atoms with Crippen LogP contribution in [0.15, 0.2) is 66.7 Å². The fourth-order valence-electron chi connectivity index (χ4n) is 4.42. The second-order valence-electron chi connectivity index (χ2n) is 7.70. The number of ether oxygens (including phenoxy) is 1. The lowest BCUT2D eigenvalue weighted by atomic mass is 9.82. The maximum Gasteiger partial charge on any atom is 0.254 e. The first-order valence-electron chi connectivity index (χ1n) is 9.74. The number of ketones is 1. The molecule has 28 heavy (non-hydrogen) atoms. The molecule has 1 fully saturated rings. The van der Waals surface area contributed by atoms with Crippen molar-refractivity contribution in [2.24, 2.45) is 0 Å². The normalized spacial score (nSPS) is 18.0. The molecule has 2 aliphatic heterocycles. The van der Waals surface area contributed by atoms with Crippen LogP contribution in [0.25, 0.3) is 10.8 Å². The molecule has 2 heterocycles. The lowest BCUT2D eigenvalue weighted by molar-refractivity contribution is -0.00565. The van der Waals surface area contributed by atoms with Crippen molar-refractivity contribution in [1.82, 2.24) is 4.90 Å². The molecule has 2 aliphatic rings. The summed E-state index contributed by atoms with van der Waals surface area (Å²) in [7, 11) is 0. The first-order valence-corrected chi connectivity index (χ1v) is 9.74. The van der Waals surface area contributed by atoms with Crippen molar-refractivity contribution < 1.29 is 14.3 Å². The van der Waals surface area contributed by atoms with E-state index >= 15 is 0 Å². The van der Waals surface area contributed by atoms with Crippen LogP contribution in [0, 0.1) is 0 Å². The van der Waals surface area contributed by atoms with Gasteiger partial charge < -0.3 is 9.64 Å². The van der Waals surface area contributed by atoms with Crippen LogP contribution in [-0.2, 0) is 0 Å². The molecule has 1 amide bonds. The smallest absolute Gasteiger partial charge is 0.254 e. The van der Waals surface area contributed by atoms with Gasteiger partial charge in [-0.05, 0) is 29.0 Å². The number of hydrogen-bond acceptors (Lipinski definition) is 3. The van der Waals surface area contributed by atoms with Gasteiger partial charge in [0, 0.05) is 31.5 Å². The summed E-state index contributed by atoms with van der Waals surface area (Å²) in [6.07, 6.45) is 1.73. The highest BCUT2D eigenvalue weighted by molar-refractivity contribution is 6.07. The molecule has 0 aliphatic carbocycles. The van der Waals surface area contributed by atoms with Crippen LogP contribution in [0.3, 0.4) is 0 Å². The number of piperidine rings is 1. The molecule has 0 aromatic heterocycles. The largest absolute Gasteiger partial charge is 0.486 e. The van der Waals surface area contributed by atoms with Gasteiger partial charge in [-0.15, -0.1) is 0 Å². The van der Waals surface area contributed by atoms with Gasteiger partial charge in [0.05, 0.1) is 12.0 Å². The van der Waals surface area contributed by atoms with Crippen LogP contribution in [0.1, 0.15) is 40.0 Å². The van der Waals surface area contributed by atoms with Gasteiger partial charge in [0.15, 0.2) is 5.78 Å². The number of para-hydroxylation sites is 1. The average Bonchev–Trinajstić information content (AvgIpc) is 2.73. The lowest BCUT2D eigenvalue weighted by Crippen LogP contribution is -2.52. The van der Waals surface area contributed by atoms with E-state index < -0.39 is 5.60 Å². The summed E-state index contributed by atoms with van der Waals surface area (Å²) in [5.74, 6) is 0.859. The summed E-state index contributed by atoms with van der Waals surface area (Å²) in [5.41, 5.74) is 0.920. The molecule has 5 rings (SSSR count). The monoisotopic (exact) mass is 371 g/mol. The van der Waals surface area contributed by atoms with Crippen LogP contribution in [0.2, 0.25) is 0 Å². The Kier molecular flexibility index (Phi) is 3.93. The molecule has 0 radical (unpaired) electrons. The van der Waals surface area contributed by atoms with Crippen molar-refractivity contribution in [2.75, 3.05) is 13.1 Å². The molecular weight excluding hydrogens is 350 g/mol. The van der Waals surface area contributed by atoms with E-state index in [2.05, 4.69) is 0 Å². The maximum absolute atomic E-state index is 13.2. The molecule has 4 nitrogen and oxygen atoms in total. The Morgan fingerprint density at radius 3 is 2.46 bits per heavy atom. The number of Topliss-reactive ketones (excluding diaryl/α,β-unsaturated/α-hetero) is 1. The van der Waals surface area contributed by atoms with Crippen LogP contribution in [0.4, 0.5) is 0 Å². The molecule has 3 aromatic rings. The number of fused-ring (bicyclic) bond motifs is 2. The summed E-state index contributed by atoms with van der Waals surface area (Å²) in [6, 6.07) is 21.3. The fraction of sp³-hybridized carbons (Fsp3) is 0.250. The molecule has 0 saturated carbocycles. The Morgan fingerprint density at radius 2 is 1.61 bits per heavy atom. The molecule has 0 N–H and O–H groups in total. The number of likely N-dealkylation sites (tertiary alicyclic amines) is 1. The van der Waals surface area contributed by atoms with Crippen molar-refractivity contribution in [1.29, 1.82) is 0 Å². The van der Waals surface area contributed by atoms with Crippen molar-refractivity contribution >= 4 is 22.5 Å². The van der Waals surface area contributed by atoms with Gasteiger partial charge in [-0.1, -0.05) is 48.5 Å². The number of nitrogens with zero attached hydrogens (tertiary/aromatic N) is 1. The predicted octanol–water partition coefficient (Wildman–Crippen LogP) is 4.48. The Hall–Kier alpha value is -3.14. The summed E-state index contributed by atoms with van der Waals surface area (Å²) in [5, 5.41) is 2.05. The third-order valence-corrected chi connectivity index (χ3v) is 5.98. The van der Waals surface area contributed by atoms with Gasteiger partial charge in [0.25, 0.3) is 5.91 Å². The standard InChI is InChI=1S/C24H21NO3/c26-21-16-24(28-22-11-4-3-9-20(21)22)12-14-25(15-13-24)23(27)19-10-5-7-17-6-1-2-8-18(17)19/h1-11H,12-16H2. The molecule has 0 unspecified atom stereocenters. The van der Waals surface area contributed by atoms with Crippen LogP contribution in [0.5, 0.6) is 5.75 Å². The molecule has 3 aromatic carbocycles. The van der Waals surface area contributed by atoms with Gasteiger partial charge in [-0.2, -0.15) is 0 Å².